The van der Waals surface area contributed by atoms with E-state index in [1.807, 2.05) is 13.0 Å². The lowest BCUT2D eigenvalue weighted by molar-refractivity contribution is -0.138. The summed E-state index contributed by atoms with van der Waals surface area (Å²) in [5.41, 5.74) is 10.8. The number of halogens is 4. The number of ether oxygens (including phenoxy) is 1. The number of aromatic nitrogens is 1. The predicted octanol–water partition coefficient (Wildman–Crippen LogP) is 4.00. The number of hydrogen-bond donors (Lipinski definition) is 2. The van der Waals surface area contributed by atoms with E-state index in [0.717, 1.165) is 22.9 Å². The minimum atomic E-state index is -4.50. The van der Waals surface area contributed by atoms with Crippen molar-refractivity contribution in [2.24, 2.45) is 5.22 Å². The largest absolute Gasteiger partial charge is 0.489 e. The van der Waals surface area contributed by atoms with Crippen LogP contribution in [-0.4, -0.2) is 71.8 Å². The monoisotopic (exact) mass is 539 g/mol. The molecule has 3 rings (SSSR count). The van der Waals surface area contributed by atoms with Crippen molar-refractivity contribution in [1.82, 2.24) is 25.3 Å². The summed E-state index contributed by atoms with van der Waals surface area (Å²) in [6, 6.07) is 7.00. The molecule has 0 aliphatic carbocycles. The number of carbonyl (C=O) groups is 1. The third-order valence-corrected chi connectivity index (χ3v) is 6.40. The molecule has 0 radical (unpaired) electrons. The van der Waals surface area contributed by atoms with Crippen LogP contribution in [-0.2, 0) is 30.5 Å². The summed E-state index contributed by atoms with van der Waals surface area (Å²) in [6.07, 6.45) is -2.50. The van der Waals surface area contributed by atoms with Crippen molar-refractivity contribution in [1.29, 1.82) is 5.53 Å². The lowest BCUT2D eigenvalue weighted by Crippen LogP contribution is -2.53. The molecule has 1 aliphatic rings. The molecule has 0 saturated carbocycles. The summed E-state index contributed by atoms with van der Waals surface area (Å²) in [4.78, 5) is 21.4. The van der Waals surface area contributed by atoms with E-state index in [0.29, 0.717) is 43.1 Å². The molecule has 1 atom stereocenters. The fourth-order valence-electron chi connectivity index (χ4n) is 4.43. The molecule has 1 amide bonds. The van der Waals surface area contributed by atoms with Gasteiger partial charge in [-0.25, -0.2) is 14.9 Å². The van der Waals surface area contributed by atoms with Gasteiger partial charge in [0.2, 0.25) is 5.91 Å². The van der Waals surface area contributed by atoms with Crippen molar-refractivity contribution in [3.8, 4) is 5.75 Å². The number of piperazine rings is 1. The summed E-state index contributed by atoms with van der Waals surface area (Å²) in [6.45, 7) is 3.80. The van der Waals surface area contributed by atoms with Crippen molar-refractivity contribution in [2.75, 3.05) is 40.0 Å². The first-order chi connectivity index (χ1) is 18.1. The van der Waals surface area contributed by atoms with Crippen LogP contribution >= 0.6 is 0 Å². The van der Waals surface area contributed by atoms with E-state index in [-0.39, 0.29) is 37.9 Å². The van der Waals surface area contributed by atoms with E-state index in [1.54, 1.807) is 17.2 Å². The van der Waals surface area contributed by atoms with Crippen LogP contribution in [0.3, 0.4) is 0 Å². The molecule has 0 spiro atoms. The minimum absolute atomic E-state index is 0.00983. The fraction of sp³-hybridized carbons (Fsp3) is 0.520. The van der Waals surface area contributed by atoms with Gasteiger partial charge in [-0.3, -0.25) is 14.7 Å². The molecule has 13 heteroatoms. The molecule has 2 aromatic rings. The minimum Gasteiger partial charge on any atom is -0.489 e. The molecule has 1 saturated heterocycles. The number of hydrogen-bond acceptors (Lipinski definition) is 7. The molecule has 0 unspecified atom stereocenters. The van der Waals surface area contributed by atoms with Crippen molar-refractivity contribution in [3.05, 3.63) is 58.9 Å². The van der Waals surface area contributed by atoms with Crippen molar-refractivity contribution in [2.45, 2.75) is 45.1 Å². The number of rotatable bonds is 12. The Morgan fingerprint density at radius 1 is 1.26 bits per heavy atom. The molecule has 1 aromatic carbocycles. The Hall–Kier alpha value is -3.32. The summed E-state index contributed by atoms with van der Waals surface area (Å²) < 4.78 is 57.2. The Labute approximate surface area is 219 Å². The van der Waals surface area contributed by atoms with E-state index in [4.69, 9.17) is 10.3 Å². The van der Waals surface area contributed by atoms with Crippen LogP contribution < -0.4 is 10.2 Å². The summed E-state index contributed by atoms with van der Waals surface area (Å²) in [5.74, 6) is 0.449. The summed E-state index contributed by atoms with van der Waals surface area (Å²) >= 11 is 0. The summed E-state index contributed by atoms with van der Waals surface area (Å²) in [7, 11) is 1.52. The highest BCUT2D eigenvalue weighted by atomic mass is 19.4. The SMILES string of the molecule is CNN(Cc1cc(C(F)(F)F)ccc1CCC(=O)N1CCN(Cc2ccc(OCCF)cn2)C[C@H]1C)N=N. The maximum atomic E-state index is 13.3. The second kappa shape index (κ2) is 13.5. The van der Waals surface area contributed by atoms with E-state index in [1.165, 1.54) is 13.1 Å². The highest BCUT2D eigenvalue weighted by Gasteiger charge is 2.31. The molecule has 208 valence electrons. The van der Waals surface area contributed by atoms with Gasteiger partial charge in [0, 0.05) is 45.7 Å². The van der Waals surface area contributed by atoms with Gasteiger partial charge in [-0.15, -0.1) is 0 Å². The van der Waals surface area contributed by atoms with Crippen LogP contribution in [0.15, 0.2) is 41.8 Å². The van der Waals surface area contributed by atoms with Crippen LogP contribution in [0.1, 0.15) is 35.7 Å². The first kappa shape index (κ1) is 29.2. The standard InChI is InChI=1S/C25H33F4N7O2/c1-18-15-34(17-22-6-7-23(14-32-22)38-12-9-26)10-11-35(18)24(37)8-4-19-3-5-21(25(27,28)29)13-20(19)16-36(31-2)33-30/h3,5-7,13-14,18,30-31H,4,8-12,15-17H2,1-2H3/t18-/m1/s1. The Balaban J connectivity index is 1.57. The quantitative estimate of drug-likeness (QED) is 0.241. The molecule has 1 aromatic heterocycles. The number of pyridine rings is 1. The maximum absolute atomic E-state index is 13.3. The zero-order valence-corrected chi connectivity index (χ0v) is 21.5. The fourth-order valence-corrected chi connectivity index (χ4v) is 4.43. The second-order valence-electron chi connectivity index (χ2n) is 9.06. The number of amides is 1. The zero-order valence-electron chi connectivity index (χ0n) is 21.5. The van der Waals surface area contributed by atoms with Gasteiger partial charge >= 0.3 is 6.18 Å². The smallest absolute Gasteiger partial charge is 0.416 e. The average Bonchev–Trinajstić information content (AvgIpc) is 2.89. The Bertz CT molecular complexity index is 1070. The molecule has 0 bridgehead atoms. The first-order valence-electron chi connectivity index (χ1n) is 12.3. The molecule has 38 heavy (non-hydrogen) atoms. The molecule has 9 nitrogen and oxygen atoms in total. The van der Waals surface area contributed by atoms with Crippen LogP contribution in [0, 0.1) is 5.53 Å². The molecule has 2 N–H and O–H groups in total. The second-order valence-corrected chi connectivity index (χ2v) is 9.06. The van der Waals surface area contributed by atoms with Crippen LogP contribution in [0.5, 0.6) is 5.75 Å². The number of nitrogens with zero attached hydrogens (tertiary/aromatic N) is 5. The van der Waals surface area contributed by atoms with Gasteiger partial charge < -0.3 is 9.64 Å². The molecule has 1 aliphatic heterocycles. The number of alkyl halides is 4. The highest BCUT2D eigenvalue weighted by Crippen LogP contribution is 2.31. The number of aryl methyl sites for hydroxylation is 1. The van der Waals surface area contributed by atoms with Gasteiger partial charge in [0.05, 0.1) is 24.0 Å². The van der Waals surface area contributed by atoms with E-state index >= 15 is 0 Å². The van der Waals surface area contributed by atoms with Crippen LogP contribution in [0.4, 0.5) is 17.6 Å². The average molecular weight is 540 g/mol. The third kappa shape index (κ3) is 8.09. The Kier molecular flexibility index (Phi) is 10.4. The zero-order chi connectivity index (χ0) is 27.7. The molecular formula is C25H33F4N7O2. The lowest BCUT2D eigenvalue weighted by atomic mass is 9.99. The maximum Gasteiger partial charge on any atom is 0.416 e. The van der Waals surface area contributed by atoms with Gasteiger partial charge in [0.1, 0.15) is 19.0 Å². The third-order valence-electron chi connectivity index (χ3n) is 6.40. The number of hydrazine groups is 1. The summed E-state index contributed by atoms with van der Waals surface area (Å²) in [5, 5.41) is 4.37. The normalized spacial score (nSPS) is 16.4. The highest BCUT2D eigenvalue weighted by molar-refractivity contribution is 5.77. The van der Waals surface area contributed by atoms with E-state index in [2.05, 4.69) is 20.5 Å². The topological polar surface area (TPSA) is 97.2 Å². The van der Waals surface area contributed by atoms with Gasteiger partial charge in [-0.05, 0) is 48.7 Å². The molecule has 1 fully saturated rings. The number of carbonyl (C=O) groups excluding carboxylic acids is 1. The van der Waals surface area contributed by atoms with Gasteiger partial charge in [-0.1, -0.05) is 11.3 Å². The molecular weight excluding hydrogens is 506 g/mol. The van der Waals surface area contributed by atoms with Gasteiger partial charge in [-0.2, -0.15) is 18.7 Å². The van der Waals surface area contributed by atoms with Gasteiger partial charge in [0.25, 0.3) is 0 Å². The first-order valence-corrected chi connectivity index (χ1v) is 12.3. The van der Waals surface area contributed by atoms with Crippen molar-refractivity contribution in [3.63, 3.8) is 0 Å². The number of nitrogens with one attached hydrogen (secondary N) is 2. The van der Waals surface area contributed by atoms with Crippen LogP contribution in [0.2, 0.25) is 0 Å². The van der Waals surface area contributed by atoms with Crippen molar-refractivity contribution < 1.29 is 27.1 Å². The van der Waals surface area contributed by atoms with E-state index in [9.17, 15) is 22.4 Å². The van der Waals surface area contributed by atoms with Gasteiger partial charge in [0.15, 0.2) is 0 Å². The predicted molar refractivity (Wildman–Crippen MR) is 132 cm³/mol. The van der Waals surface area contributed by atoms with Crippen molar-refractivity contribution >= 4 is 5.91 Å². The number of benzene rings is 1. The Morgan fingerprint density at radius 2 is 2.05 bits per heavy atom. The van der Waals surface area contributed by atoms with Crippen LogP contribution in [0.25, 0.3) is 0 Å². The Morgan fingerprint density at radius 3 is 2.66 bits per heavy atom. The lowest BCUT2D eigenvalue weighted by Gasteiger charge is -2.40. The van der Waals surface area contributed by atoms with E-state index < -0.39 is 18.4 Å². The molecule has 2 heterocycles.